The van der Waals surface area contributed by atoms with Gasteiger partial charge in [0.25, 0.3) is 0 Å². The molecule has 0 spiro atoms. The van der Waals surface area contributed by atoms with Gasteiger partial charge in [-0.25, -0.2) is 8.42 Å². The molecule has 15 heavy (non-hydrogen) atoms. The average molecular weight is 251 g/mol. The third-order valence-electron chi connectivity index (χ3n) is 1.78. The van der Waals surface area contributed by atoms with Crippen molar-refractivity contribution in [3.63, 3.8) is 0 Å². The lowest BCUT2D eigenvalue weighted by Gasteiger charge is -2.10. The number of alkyl halides is 3. The number of quaternary nitrogens is 1. The molecule has 0 heterocycles. The molecule has 0 saturated carbocycles. The van der Waals surface area contributed by atoms with Crippen molar-refractivity contribution in [1.29, 1.82) is 0 Å². The van der Waals surface area contributed by atoms with Crippen molar-refractivity contribution in [2.24, 2.45) is 0 Å². The summed E-state index contributed by atoms with van der Waals surface area (Å²) in [5, 5.41) is 0. The molecule has 0 unspecified atom stereocenters. The first-order valence-corrected chi connectivity index (χ1v) is 5.86. The third-order valence-corrected chi connectivity index (χ3v) is 2.35. The van der Waals surface area contributed by atoms with E-state index < -0.39 is 15.6 Å². The van der Waals surface area contributed by atoms with Crippen LogP contribution >= 0.6 is 0 Å². The first kappa shape index (κ1) is 17.1. The molecule has 0 amide bonds. The number of halogens is 3. The number of hydrogen-bond donors (Lipinski definition) is 1. The highest BCUT2D eigenvalue weighted by atomic mass is 32.2. The van der Waals surface area contributed by atoms with E-state index in [1.807, 2.05) is 0 Å². The fourth-order valence-corrected chi connectivity index (χ4v) is 0.750. The molecule has 0 bridgehead atoms. The van der Waals surface area contributed by atoms with Gasteiger partial charge in [0.05, 0.1) is 19.6 Å². The molecule has 0 aliphatic carbocycles. The zero-order valence-electron chi connectivity index (χ0n) is 8.89. The third kappa shape index (κ3) is 8.64. The van der Waals surface area contributed by atoms with Gasteiger partial charge in [0, 0.05) is 0 Å². The number of nitrogens with one attached hydrogen (secondary N) is 1. The minimum absolute atomic E-state index is 1.27. The van der Waals surface area contributed by atoms with Gasteiger partial charge in [-0.15, -0.1) is 0 Å². The molecule has 0 atom stereocenters. The summed E-state index contributed by atoms with van der Waals surface area (Å²) in [6.45, 7) is 10.5. The Morgan fingerprint density at radius 2 is 1.27 bits per heavy atom. The number of rotatable bonds is 3. The largest absolute Gasteiger partial charge is 0.741 e. The molecule has 4 nitrogen and oxygen atoms in total. The van der Waals surface area contributed by atoms with Crippen LogP contribution in [0.2, 0.25) is 0 Å². The van der Waals surface area contributed by atoms with Crippen LogP contribution in [0.15, 0.2) is 0 Å². The zero-order chi connectivity index (χ0) is 12.7. The molecule has 0 aromatic carbocycles. The Kier molecular flexibility index (Phi) is 7.99. The van der Waals surface area contributed by atoms with Crippen LogP contribution in [0.5, 0.6) is 0 Å². The second-order valence-electron chi connectivity index (χ2n) is 2.71. The van der Waals surface area contributed by atoms with Crippen LogP contribution in [-0.4, -0.2) is 38.1 Å². The molecule has 0 radical (unpaired) electrons. The van der Waals surface area contributed by atoms with Crippen LogP contribution in [-0.2, 0) is 10.1 Å². The Morgan fingerprint density at radius 3 is 1.27 bits per heavy atom. The standard InChI is InChI=1S/C6H15N.CHF3O3S/c1-4-7(5-2)6-3;2-1(3,4)8(5,6)7/h4-6H2,1-3H3;(H,5,6,7). The van der Waals surface area contributed by atoms with Crippen molar-refractivity contribution < 1.29 is 31.0 Å². The summed E-state index contributed by atoms with van der Waals surface area (Å²) in [4.78, 5) is 1.68. The van der Waals surface area contributed by atoms with Crippen molar-refractivity contribution in [3.8, 4) is 0 Å². The molecule has 0 aliphatic rings. The van der Waals surface area contributed by atoms with Crippen molar-refractivity contribution in [1.82, 2.24) is 0 Å². The van der Waals surface area contributed by atoms with Gasteiger partial charge in [-0.1, -0.05) is 0 Å². The fraction of sp³-hybridized carbons (Fsp3) is 1.00. The van der Waals surface area contributed by atoms with E-state index in [0.717, 1.165) is 0 Å². The van der Waals surface area contributed by atoms with Gasteiger partial charge in [-0.05, 0) is 20.8 Å². The van der Waals surface area contributed by atoms with Crippen molar-refractivity contribution in [3.05, 3.63) is 0 Å². The molecule has 0 aromatic heterocycles. The van der Waals surface area contributed by atoms with E-state index in [9.17, 15) is 13.2 Å². The van der Waals surface area contributed by atoms with E-state index in [1.54, 1.807) is 4.90 Å². The highest BCUT2D eigenvalue weighted by Gasteiger charge is 2.36. The Hall–Kier alpha value is -0.340. The maximum atomic E-state index is 10.7. The Labute approximate surface area is 87.8 Å². The maximum absolute atomic E-state index is 10.7. The van der Waals surface area contributed by atoms with Gasteiger partial charge in [-0.2, -0.15) is 13.2 Å². The van der Waals surface area contributed by atoms with Gasteiger partial charge in [0.2, 0.25) is 0 Å². The van der Waals surface area contributed by atoms with E-state index >= 15 is 0 Å². The van der Waals surface area contributed by atoms with Gasteiger partial charge in [0.15, 0.2) is 10.1 Å². The SMILES string of the molecule is CC[NH+](CC)CC.O=S(=O)([O-])C(F)(F)F. The topological polar surface area (TPSA) is 61.6 Å². The van der Waals surface area contributed by atoms with Gasteiger partial charge in [0.1, 0.15) is 0 Å². The lowest BCUT2D eigenvalue weighted by molar-refractivity contribution is -0.894. The van der Waals surface area contributed by atoms with Gasteiger partial charge >= 0.3 is 5.51 Å². The molecule has 94 valence electrons. The van der Waals surface area contributed by atoms with E-state index in [0.29, 0.717) is 0 Å². The molecular formula is C7H16F3NO3S. The molecule has 0 saturated heterocycles. The van der Waals surface area contributed by atoms with E-state index in [1.165, 1.54) is 19.6 Å². The molecule has 0 rings (SSSR count). The molecule has 0 aliphatic heterocycles. The highest BCUT2D eigenvalue weighted by Crippen LogP contribution is 2.20. The highest BCUT2D eigenvalue weighted by molar-refractivity contribution is 7.86. The predicted molar refractivity (Wildman–Crippen MR) is 48.3 cm³/mol. The summed E-state index contributed by atoms with van der Waals surface area (Å²) in [5.41, 5.74) is -5.65. The molecule has 8 heteroatoms. The Morgan fingerprint density at radius 1 is 1.07 bits per heavy atom. The van der Waals surface area contributed by atoms with Crippen molar-refractivity contribution in [2.75, 3.05) is 19.6 Å². The Bertz CT molecular complexity index is 241. The summed E-state index contributed by atoms with van der Waals surface area (Å²) in [7, 11) is -6.09. The average Bonchev–Trinajstić information content (AvgIpc) is 2.05. The first-order chi connectivity index (χ1) is 6.60. The predicted octanol–water partition coefficient (Wildman–Crippen LogP) is -0.0176. The summed E-state index contributed by atoms with van der Waals surface area (Å²) in [6, 6.07) is 0. The van der Waals surface area contributed by atoms with E-state index in [-0.39, 0.29) is 0 Å². The molecular weight excluding hydrogens is 235 g/mol. The molecule has 0 fully saturated rings. The van der Waals surface area contributed by atoms with E-state index in [2.05, 4.69) is 20.8 Å². The second kappa shape index (κ2) is 7.02. The monoisotopic (exact) mass is 251 g/mol. The van der Waals surface area contributed by atoms with Crippen molar-refractivity contribution in [2.45, 2.75) is 26.3 Å². The summed E-state index contributed by atoms with van der Waals surface area (Å²) in [5.74, 6) is 0. The van der Waals surface area contributed by atoms with Crippen LogP contribution in [0.4, 0.5) is 13.2 Å². The Balaban J connectivity index is 0. The maximum Gasteiger partial charge on any atom is 0.485 e. The minimum atomic E-state index is -6.09. The second-order valence-corrected chi connectivity index (χ2v) is 4.08. The molecule has 1 N–H and O–H groups in total. The smallest absolute Gasteiger partial charge is 0.485 e. The van der Waals surface area contributed by atoms with Gasteiger partial charge < -0.3 is 9.45 Å². The fourth-order valence-electron chi connectivity index (χ4n) is 0.750. The van der Waals surface area contributed by atoms with Crippen LogP contribution in [0, 0.1) is 0 Å². The summed E-state index contributed by atoms with van der Waals surface area (Å²) >= 11 is 0. The van der Waals surface area contributed by atoms with Crippen LogP contribution in [0.1, 0.15) is 20.8 Å². The lowest BCUT2D eigenvalue weighted by atomic mass is 10.5. The van der Waals surface area contributed by atoms with Crippen molar-refractivity contribution >= 4 is 10.1 Å². The van der Waals surface area contributed by atoms with E-state index in [4.69, 9.17) is 13.0 Å². The normalized spacial score (nSPS) is 12.3. The lowest BCUT2D eigenvalue weighted by Crippen LogP contribution is -3.11. The van der Waals surface area contributed by atoms with Crippen LogP contribution in [0.3, 0.4) is 0 Å². The van der Waals surface area contributed by atoms with Crippen LogP contribution in [0.25, 0.3) is 0 Å². The summed E-state index contributed by atoms with van der Waals surface area (Å²) < 4.78 is 58.9. The quantitative estimate of drug-likeness (QED) is 0.566. The van der Waals surface area contributed by atoms with Gasteiger partial charge in [-0.3, -0.25) is 0 Å². The zero-order valence-corrected chi connectivity index (χ0v) is 9.70. The van der Waals surface area contributed by atoms with Crippen LogP contribution < -0.4 is 4.90 Å². The summed E-state index contributed by atoms with van der Waals surface area (Å²) in [6.07, 6.45) is 0. The number of hydrogen-bond acceptors (Lipinski definition) is 3. The first-order valence-electron chi connectivity index (χ1n) is 4.45. The minimum Gasteiger partial charge on any atom is -0.741 e. The molecule has 0 aromatic rings.